The van der Waals surface area contributed by atoms with Gasteiger partial charge in [0.2, 0.25) is 5.91 Å². The number of nitriles is 1. The molecule has 0 aromatic heterocycles. The van der Waals surface area contributed by atoms with E-state index in [2.05, 4.69) is 11.4 Å². The Morgan fingerprint density at radius 1 is 1.47 bits per heavy atom. The summed E-state index contributed by atoms with van der Waals surface area (Å²) in [7, 11) is 0. The minimum atomic E-state index is -0.841. The lowest BCUT2D eigenvalue weighted by Crippen LogP contribution is -2.45. The molecule has 4 nitrogen and oxygen atoms in total. The summed E-state index contributed by atoms with van der Waals surface area (Å²) in [6.07, 6.45) is 3.82. The molecule has 0 aliphatic carbocycles. The highest BCUT2D eigenvalue weighted by atomic mass is 16.5. The van der Waals surface area contributed by atoms with Crippen molar-refractivity contribution in [3.63, 3.8) is 0 Å². The lowest BCUT2D eigenvalue weighted by molar-refractivity contribution is -0.129. The van der Waals surface area contributed by atoms with E-state index < -0.39 is 5.41 Å². The van der Waals surface area contributed by atoms with Gasteiger partial charge in [0.1, 0.15) is 5.41 Å². The summed E-state index contributed by atoms with van der Waals surface area (Å²) < 4.78 is 5.23. The maximum atomic E-state index is 12.2. The molecule has 1 saturated heterocycles. The van der Waals surface area contributed by atoms with Crippen LogP contribution in [0.4, 0.5) is 0 Å². The first-order valence-electron chi connectivity index (χ1n) is 6.48. The Morgan fingerprint density at radius 2 is 2.12 bits per heavy atom. The maximum Gasteiger partial charge on any atom is 0.240 e. The first-order chi connectivity index (χ1) is 8.18. The van der Waals surface area contributed by atoms with E-state index in [0.717, 1.165) is 19.3 Å². The molecule has 1 unspecified atom stereocenters. The molecular weight excluding hydrogens is 216 g/mol. The number of rotatable bonds is 6. The number of nitrogens with one attached hydrogen (secondary N) is 1. The quantitative estimate of drug-likeness (QED) is 0.770. The van der Waals surface area contributed by atoms with E-state index in [-0.39, 0.29) is 11.9 Å². The number of nitrogens with zero attached hydrogens (tertiary/aromatic N) is 1. The van der Waals surface area contributed by atoms with Gasteiger partial charge in [0.05, 0.1) is 18.7 Å². The van der Waals surface area contributed by atoms with Crippen molar-refractivity contribution in [2.24, 2.45) is 5.41 Å². The van der Waals surface area contributed by atoms with Crippen molar-refractivity contribution in [1.29, 1.82) is 5.26 Å². The fourth-order valence-electron chi connectivity index (χ4n) is 2.34. The van der Waals surface area contributed by atoms with E-state index in [4.69, 9.17) is 4.74 Å². The zero-order valence-electron chi connectivity index (χ0n) is 10.8. The van der Waals surface area contributed by atoms with Crippen LogP contribution in [-0.2, 0) is 9.53 Å². The minimum Gasteiger partial charge on any atom is -0.379 e. The van der Waals surface area contributed by atoms with Gasteiger partial charge in [0.25, 0.3) is 0 Å². The summed E-state index contributed by atoms with van der Waals surface area (Å²) in [6, 6.07) is 2.33. The number of carbonyl (C=O) groups is 1. The summed E-state index contributed by atoms with van der Waals surface area (Å²) in [4.78, 5) is 12.2. The molecule has 0 aromatic carbocycles. The van der Waals surface area contributed by atoms with Crippen molar-refractivity contribution in [1.82, 2.24) is 5.32 Å². The molecule has 17 heavy (non-hydrogen) atoms. The van der Waals surface area contributed by atoms with Crippen LogP contribution in [0.25, 0.3) is 0 Å². The third-order valence-corrected chi connectivity index (χ3v) is 3.27. The molecule has 96 valence electrons. The van der Waals surface area contributed by atoms with Gasteiger partial charge in [-0.1, -0.05) is 26.7 Å². The fraction of sp³-hybridized carbons (Fsp3) is 0.846. The predicted molar refractivity (Wildman–Crippen MR) is 65.2 cm³/mol. The molecule has 1 heterocycles. The van der Waals surface area contributed by atoms with E-state index in [9.17, 15) is 10.1 Å². The molecule has 1 aliphatic heterocycles. The van der Waals surface area contributed by atoms with Crippen LogP contribution in [0.15, 0.2) is 0 Å². The largest absolute Gasteiger partial charge is 0.379 e. The van der Waals surface area contributed by atoms with Gasteiger partial charge in [-0.3, -0.25) is 4.79 Å². The Labute approximate surface area is 103 Å². The summed E-state index contributed by atoms with van der Waals surface area (Å²) in [5, 5.41) is 12.3. The summed E-state index contributed by atoms with van der Waals surface area (Å²) in [5.41, 5.74) is -0.841. The Hall–Kier alpha value is -1.08. The van der Waals surface area contributed by atoms with Gasteiger partial charge in [0.15, 0.2) is 0 Å². The van der Waals surface area contributed by atoms with E-state index in [0.29, 0.717) is 26.1 Å². The molecule has 0 aromatic rings. The minimum absolute atomic E-state index is 0.0870. The van der Waals surface area contributed by atoms with Crippen molar-refractivity contribution in [2.75, 3.05) is 13.2 Å². The Balaban J connectivity index is 2.67. The molecule has 1 fully saturated rings. The van der Waals surface area contributed by atoms with E-state index in [1.807, 2.05) is 13.8 Å². The number of hydrogen-bond donors (Lipinski definition) is 1. The van der Waals surface area contributed by atoms with Crippen molar-refractivity contribution >= 4 is 5.91 Å². The molecule has 0 radical (unpaired) electrons. The molecule has 0 saturated carbocycles. The first kappa shape index (κ1) is 14.0. The summed E-state index contributed by atoms with van der Waals surface area (Å²) in [5.74, 6) is -0.112. The molecule has 1 amide bonds. The van der Waals surface area contributed by atoms with E-state index in [1.54, 1.807) is 0 Å². The summed E-state index contributed by atoms with van der Waals surface area (Å²) in [6.45, 7) is 5.29. The van der Waals surface area contributed by atoms with Crippen molar-refractivity contribution < 1.29 is 9.53 Å². The normalized spacial score (nSPS) is 19.9. The Kier molecular flexibility index (Phi) is 5.43. The molecule has 1 aliphatic rings. The highest BCUT2D eigenvalue weighted by molar-refractivity contribution is 5.85. The van der Waals surface area contributed by atoms with Gasteiger partial charge in [-0.2, -0.15) is 5.26 Å². The number of carbonyl (C=O) groups excluding carboxylic acids is 1. The molecule has 0 spiro atoms. The molecule has 0 bridgehead atoms. The lowest BCUT2D eigenvalue weighted by Gasteiger charge is -2.26. The zero-order chi connectivity index (χ0) is 12.7. The van der Waals surface area contributed by atoms with E-state index in [1.165, 1.54) is 0 Å². The average molecular weight is 238 g/mol. The van der Waals surface area contributed by atoms with E-state index >= 15 is 0 Å². The van der Waals surface area contributed by atoms with Crippen molar-refractivity contribution in [2.45, 2.75) is 52.0 Å². The Morgan fingerprint density at radius 3 is 2.53 bits per heavy atom. The molecule has 1 N–H and O–H groups in total. The second-order valence-electron chi connectivity index (χ2n) is 4.73. The topological polar surface area (TPSA) is 62.1 Å². The third kappa shape index (κ3) is 3.44. The van der Waals surface area contributed by atoms with Crippen LogP contribution in [0.5, 0.6) is 0 Å². The van der Waals surface area contributed by atoms with Gasteiger partial charge >= 0.3 is 0 Å². The zero-order valence-corrected chi connectivity index (χ0v) is 10.8. The highest BCUT2D eigenvalue weighted by Crippen LogP contribution is 2.29. The van der Waals surface area contributed by atoms with Crippen molar-refractivity contribution in [3.8, 4) is 6.07 Å². The molecule has 1 atom stereocenters. The van der Waals surface area contributed by atoms with Crippen LogP contribution in [0.2, 0.25) is 0 Å². The standard InChI is InChI=1S/C13H22N2O2/c1-3-6-13(10-14,7-4-2)12(16)15-11-5-8-17-9-11/h11H,3-9H2,1-2H3,(H,15,16). The van der Waals surface area contributed by atoms with Crippen LogP contribution in [0.1, 0.15) is 46.0 Å². The van der Waals surface area contributed by atoms with Gasteiger partial charge in [-0.05, 0) is 19.3 Å². The monoisotopic (exact) mass is 238 g/mol. The first-order valence-corrected chi connectivity index (χ1v) is 6.48. The molecule has 4 heteroatoms. The fourth-order valence-corrected chi connectivity index (χ4v) is 2.34. The van der Waals surface area contributed by atoms with Crippen LogP contribution in [-0.4, -0.2) is 25.2 Å². The molecular formula is C13H22N2O2. The Bertz CT molecular complexity index is 284. The lowest BCUT2D eigenvalue weighted by atomic mass is 9.79. The average Bonchev–Trinajstić information content (AvgIpc) is 2.81. The number of hydrogen-bond acceptors (Lipinski definition) is 3. The predicted octanol–water partition coefficient (Wildman–Crippen LogP) is 2.00. The third-order valence-electron chi connectivity index (χ3n) is 3.27. The summed E-state index contributed by atoms with van der Waals surface area (Å²) >= 11 is 0. The second kappa shape index (κ2) is 6.61. The number of ether oxygens (including phenoxy) is 1. The SMILES string of the molecule is CCCC(C#N)(CCC)C(=O)NC1CCOC1. The van der Waals surface area contributed by atoms with Crippen molar-refractivity contribution in [3.05, 3.63) is 0 Å². The maximum absolute atomic E-state index is 12.2. The smallest absolute Gasteiger partial charge is 0.240 e. The van der Waals surface area contributed by atoms with Gasteiger partial charge in [-0.25, -0.2) is 0 Å². The van der Waals surface area contributed by atoms with Gasteiger partial charge in [-0.15, -0.1) is 0 Å². The van der Waals surface area contributed by atoms with Crippen LogP contribution < -0.4 is 5.32 Å². The van der Waals surface area contributed by atoms with Gasteiger partial charge in [0, 0.05) is 6.61 Å². The second-order valence-corrected chi connectivity index (χ2v) is 4.73. The van der Waals surface area contributed by atoms with Gasteiger partial charge < -0.3 is 10.1 Å². The van der Waals surface area contributed by atoms with Crippen LogP contribution in [0.3, 0.4) is 0 Å². The highest BCUT2D eigenvalue weighted by Gasteiger charge is 2.38. The van der Waals surface area contributed by atoms with Crippen LogP contribution >= 0.6 is 0 Å². The molecule has 1 rings (SSSR count). The van der Waals surface area contributed by atoms with Crippen LogP contribution in [0, 0.1) is 16.7 Å². The number of amides is 1.